The van der Waals surface area contributed by atoms with Crippen molar-refractivity contribution in [1.82, 2.24) is 19.5 Å². The Morgan fingerprint density at radius 1 is 1.17 bits per heavy atom. The Morgan fingerprint density at radius 2 is 1.87 bits per heavy atom. The molecule has 0 aliphatic carbocycles. The molecule has 6 N–H and O–H groups in total. The van der Waals surface area contributed by atoms with Crippen molar-refractivity contribution in [3.05, 3.63) is 23.0 Å². The molecule has 0 bridgehead atoms. The highest BCUT2D eigenvalue weighted by atomic mass is 31.3. The van der Waals surface area contributed by atoms with Crippen molar-refractivity contribution in [1.29, 1.82) is 0 Å². The van der Waals surface area contributed by atoms with Gasteiger partial charge < -0.3 is 34.4 Å². The van der Waals surface area contributed by atoms with Gasteiger partial charge in [-0.2, -0.15) is 8.62 Å². The van der Waals surface area contributed by atoms with Gasteiger partial charge in [0, 0.05) is 6.42 Å². The standard InChI is InChI=1S/C10H15N4O13P3/c15-5-1-7(14-4-13-8-9(14)11-3-12-10(8)16)25-6(5)2-24-29(20,21)27-30(22,23)26-28(17,18)19/h3-7,15H,1-2H2,(H,20,21)(H,22,23)(H,11,12,16)(H2,17,18,19)/t5-,6-,7-/m0/s1. The van der Waals surface area contributed by atoms with Crippen molar-refractivity contribution in [2.45, 2.75) is 24.9 Å². The van der Waals surface area contributed by atoms with E-state index in [2.05, 4.69) is 28.1 Å². The van der Waals surface area contributed by atoms with E-state index in [0.29, 0.717) is 0 Å². The van der Waals surface area contributed by atoms with Crippen LogP contribution >= 0.6 is 23.5 Å². The third kappa shape index (κ3) is 5.68. The minimum atomic E-state index is -5.65. The van der Waals surface area contributed by atoms with Crippen molar-refractivity contribution >= 4 is 34.6 Å². The molecule has 20 heteroatoms. The molecule has 0 radical (unpaired) electrons. The molecule has 17 nitrogen and oxygen atoms in total. The van der Waals surface area contributed by atoms with Crippen molar-refractivity contribution in [3.63, 3.8) is 0 Å². The van der Waals surface area contributed by atoms with Gasteiger partial charge in [0.2, 0.25) is 0 Å². The lowest BCUT2D eigenvalue weighted by molar-refractivity contribution is -0.0423. The Hall–Kier alpha value is -1.32. The normalized spacial score (nSPS) is 26.5. The number of phosphoric acid groups is 3. The van der Waals surface area contributed by atoms with Gasteiger partial charge in [-0.1, -0.05) is 0 Å². The second-order valence-electron chi connectivity index (χ2n) is 5.87. The summed E-state index contributed by atoms with van der Waals surface area (Å²) in [4.78, 5) is 57.4. The number of phosphoric ester groups is 1. The van der Waals surface area contributed by atoms with E-state index in [1.165, 1.54) is 10.9 Å². The lowest BCUT2D eigenvalue weighted by atomic mass is 10.2. The van der Waals surface area contributed by atoms with Crippen LogP contribution in [0.4, 0.5) is 0 Å². The van der Waals surface area contributed by atoms with Crippen molar-refractivity contribution in [2.75, 3.05) is 6.61 Å². The summed E-state index contributed by atoms with van der Waals surface area (Å²) in [6, 6.07) is 0. The first-order valence-electron chi connectivity index (χ1n) is 7.78. The number of nitrogens with zero attached hydrogens (tertiary/aromatic N) is 3. The first-order valence-corrected chi connectivity index (χ1v) is 12.3. The SMILES string of the molecule is O=c1[nH]cnc2c1ncn2[C@@H]1C[C@H](O)[C@H](COP(=O)(O)OP(=O)(O)OP(=O)(O)O)O1. The van der Waals surface area contributed by atoms with Gasteiger partial charge in [-0.3, -0.25) is 13.9 Å². The lowest BCUT2D eigenvalue weighted by Crippen LogP contribution is -2.26. The van der Waals surface area contributed by atoms with Crippen LogP contribution in [-0.4, -0.2) is 63.0 Å². The molecular formula is C10H15N4O13P3. The van der Waals surface area contributed by atoms with Crippen LogP contribution in [0.15, 0.2) is 17.4 Å². The van der Waals surface area contributed by atoms with Gasteiger partial charge in [0.15, 0.2) is 11.2 Å². The number of aromatic nitrogens is 4. The van der Waals surface area contributed by atoms with Crippen LogP contribution in [0, 0.1) is 0 Å². The molecule has 0 spiro atoms. The number of aromatic amines is 1. The molecule has 0 aromatic carbocycles. The third-order valence-corrected chi connectivity index (χ3v) is 7.50. The molecule has 0 amide bonds. The molecule has 5 atom stereocenters. The number of nitrogens with one attached hydrogen (secondary N) is 1. The minimum absolute atomic E-state index is 0.0207. The fourth-order valence-electron chi connectivity index (χ4n) is 2.58. The summed E-state index contributed by atoms with van der Waals surface area (Å²) in [7, 11) is -16.5. The maximum absolute atomic E-state index is 11.7. The van der Waals surface area contributed by atoms with Gasteiger partial charge in [-0.25, -0.2) is 23.7 Å². The predicted octanol–water partition coefficient (Wildman–Crippen LogP) is -0.889. The summed E-state index contributed by atoms with van der Waals surface area (Å²) in [5, 5.41) is 10.1. The van der Waals surface area contributed by atoms with Crippen LogP contribution < -0.4 is 5.56 Å². The van der Waals surface area contributed by atoms with Crippen LogP contribution in [-0.2, 0) is 31.6 Å². The number of aliphatic hydroxyl groups excluding tert-OH is 1. The second-order valence-corrected chi connectivity index (χ2v) is 10.3. The molecule has 0 saturated carbocycles. The highest BCUT2D eigenvalue weighted by Gasteiger charge is 2.43. The number of ether oxygens (including phenoxy) is 1. The molecular weight excluding hydrogens is 477 g/mol. The van der Waals surface area contributed by atoms with E-state index in [1.54, 1.807) is 0 Å². The smallest absolute Gasteiger partial charge is 0.390 e. The lowest BCUT2D eigenvalue weighted by Gasteiger charge is -2.19. The number of hydrogen-bond donors (Lipinski definition) is 6. The predicted molar refractivity (Wildman–Crippen MR) is 92.5 cm³/mol. The zero-order chi connectivity index (χ0) is 22.3. The summed E-state index contributed by atoms with van der Waals surface area (Å²) in [6.07, 6.45) is -1.00. The molecule has 1 aliphatic heterocycles. The minimum Gasteiger partial charge on any atom is -0.390 e. The van der Waals surface area contributed by atoms with E-state index < -0.39 is 54.1 Å². The van der Waals surface area contributed by atoms with Gasteiger partial charge in [-0.05, 0) is 0 Å². The first-order chi connectivity index (χ1) is 13.8. The molecule has 3 heterocycles. The maximum atomic E-state index is 11.7. The van der Waals surface area contributed by atoms with Crippen LogP contribution in [0.25, 0.3) is 11.2 Å². The second kappa shape index (κ2) is 8.31. The summed E-state index contributed by atoms with van der Waals surface area (Å²) in [6.45, 7) is -0.817. The van der Waals surface area contributed by atoms with Crippen LogP contribution in [0.5, 0.6) is 0 Å². The summed E-state index contributed by atoms with van der Waals surface area (Å²) in [5.74, 6) is 0. The van der Waals surface area contributed by atoms with E-state index >= 15 is 0 Å². The van der Waals surface area contributed by atoms with Crippen molar-refractivity contribution in [2.24, 2.45) is 0 Å². The number of rotatable bonds is 8. The fraction of sp³-hybridized carbons (Fsp3) is 0.500. The number of aliphatic hydroxyl groups is 1. The number of fused-ring (bicyclic) bond motifs is 1. The Labute approximate surface area is 165 Å². The highest BCUT2D eigenvalue weighted by molar-refractivity contribution is 7.66. The molecule has 30 heavy (non-hydrogen) atoms. The summed E-state index contributed by atoms with van der Waals surface area (Å²) >= 11 is 0. The maximum Gasteiger partial charge on any atom is 0.490 e. The van der Waals surface area contributed by atoms with Gasteiger partial charge in [0.25, 0.3) is 5.56 Å². The molecule has 1 aliphatic rings. The Kier molecular flexibility index (Phi) is 6.47. The van der Waals surface area contributed by atoms with Crippen LogP contribution in [0.2, 0.25) is 0 Å². The quantitative estimate of drug-likeness (QED) is 0.244. The molecule has 3 rings (SSSR count). The highest BCUT2D eigenvalue weighted by Crippen LogP contribution is 2.66. The van der Waals surface area contributed by atoms with E-state index in [1.807, 2.05) is 0 Å². The molecule has 1 saturated heterocycles. The Bertz CT molecular complexity index is 1130. The zero-order valence-corrected chi connectivity index (χ0v) is 17.2. The van der Waals surface area contributed by atoms with Crippen LogP contribution in [0.3, 0.4) is 0 Å². The summed E-state index contributed by atoms with van der Waals surface area (Å²) in [5.41, 5.74) is -0.321. The van der Waals surface area contributed by atoms with Gasteiger partial charge in [0.1, 0.15) is 12.3 Å². The molecule has 1 fully saturated rings. The molecule has 2 unspecified atom stereocenters. The number of imidazole rings is 1. The summed E-state index contributed by atoms with van der Waals surface area (Å²) < 4.78 is 52.1. The van der Waals surface area contributed by atoms with E-state index in [4.69, 9.17) is 19.4 Å². The van der Waals surface area contributed by atoms with E-state index in [-0.39, 0.29) is 17.6 Å². The number of hydrogen-bond acceptors (Lipinski definition) is 11. The zero-order valence-electron chi connectivity index (χ0n) is 14.5. The molecule has 2 aromatic heterocycles. The van der Waals surface area contributed by atoms with E-state index in [0.717, 1.165) is 6.33 Å². The average molecular weight is 492 g/mol. The topological polar surface area (TPSA) is 253 Å². The molecule has 2 aromatic rings. The van der Waals surface area contributed by atoms with Gasteiger partial charge in [0.05, 0.1) is 25.4 Å². The monoisotopic (exact) mass is 492 g/mol. The Balaban J connectivity index is 1.64. The van der Waals surface area contributed by atoms with E-state index in [9.17, 15) is 28.5 Å². The molecule has 168 valence electrons. The fourth-order valence-corrected chi connectivity index (χ4v) is 5.61. The van der Waals surface area contributed by atoms with Gasteiger partial charge >= 0.3 is 23.5 Å². The largest absolute Gasteiger partial charge is 0.490 e. The van der Waals surface area contributed by atoms with Crippen LogP contribution in [0.1, 0.15) is 12.6 Å². The van der Waals surface area contributed by atoms with Crippen molar-refractivity contribution in [3.8, 4) is 0 Å². The third-order valence-electron chi connectivity index (χ3n) is 3.70. The van der Waals surface area contributed by atoms with Crippen molar-refractivity contribution < 1.29 is 56.3 Å². The average Bonchev–Trinajstić information content (AvgIpc) is 3.14. The first kappa shape index (κ1) is 23.3. The van der Waals surface area contributed by atoms with Gasteiger partial charge in [-0.15, -0.1) is 0 Å². The number of H-pyrrole nitrogens is 1. The Morgan fingerprint density at radius 3 is 2.53 bits per heavy atom.